The number of hydrogen-bond donors (Lipinski definition) is 2. The Bertz CT molecular complexity index is 939. The minimum absolute atomic E-state index is 0.0981. The maximum Gasteiger partial charge on any atom is 0.351 e. The van der Waals surface area contributed by atoms with E-state index in [1.54, 1.807) is 6.07 Å². The van der Waals surface area contributed by atoms with Crippen LogP contribution in [0.25, 0.3) is 10.8 Å². The maximum absolute atomic E-state index is 12.3. The lowest BCUT2D eigenvalue weighted by Gasteiger charge is -2.22. The van der Waals surface area contributed by atoms with Gasteiger partial charge in [-0.1, -0.05) is 38.1 Å². The van der Waals surface area contributed by atoms with Crippen LogP contribution in [0.2, 0.25) is 0 Å². The number of anilines is 2. The van der Waals surface area contributed by atoms with Crippen LogP contribution >= 0.6 is 0 Å². The van der Waals surface area contributed by atoms with Crippen LogP contribution in [0.3, 0.4) is 0 Å². The third kappa shape index (κ3) is 3.31. The van der Waals surface area contributed by atoms with Crippen LogP contribution in [-0.2, 0) is 14.3 Å². The molecule has 0 aromatic heterocycles. The Balaban J connectivity index is 1.99. The van der Waals surface area contributed by atoms with Gasteiger partial charge in [-0.15, -0.1) is 0 Å². The van der Waals surface area contributed by atoms with E-state index in [0.29, 0.717) is 11.4 Å². The van der Waals surface area contributed by atoms with E-state index >= 15 is 0 Å². The molecule has 2 N–H and O–H groups in total. The molecule has 1 aliphatic heterocycles. The molecule has 25 heavy (non-hydrogen) atoms. The van der Waals surface area contributed by atoms with Crippen molar-refractivity contribution >= 4 is 34.0 Å². The summed E-state index contributed by atoms with van der Waals surface area (Å²) >= 11 is 0. The summed E-state index contributed by atoms with van der Waals surface area (Å²) in [7, 11) is 0. The number of fused-ring (bicyclic) bond motifs is 2. The van der Waals surface area contributed by atoms with Crippen molar-refractivity contribution < 1.29 is 14.3 Å². The Labute approximate surface area is 145 Å². The number of nitrogens with zero attached hydrogens (tertiary/aromatic N) is 1. The van der Waals surface area contributed by atoms with Crippen molar-refractivity contribution in [3.63, 3.8) is 0 Å². The van der Waals surface area contributed by atoms with Crippen molar-refractivity contribution in [3.05, 3.63) is 47.7 Å². The number of nitriles is 1. The van der Waals surface area contributed by atoms with Gasteiger partial charge in [-0.2, -0.15) is 5.26 Å². The monoisotopic (exact) mass is 335 g/mol. The fourth-order valence-corrected chi connectivity index (χ4v) is 2.52. The number of benzene rings is 2. The van der Waals surface area contributed by atoms with E-state index in [0.717, 1.165) is 10.8 Å². The molecule has 0 spiro atoms. The molecule has 3 rings (SSSR count). The quantitative estimate of drug-likeness (QED) is 0.511. The van der Waals surface area contributed by atoms with Gasteiger partial charge in [-0.3, -0.25) is 4.79 Å². The van der Waals surface area contributed by atoms with Gasteiger partial charge < -0.3 is 15.4 Å². The largest absolute Gasteiger partial charge is 0.461 e. The van der Waals surface area contributed by atoms with Crippen LogP contribution in [0.4, 0.5) is 11.4 Å². The molecule has 0 atom stereocenters. The third-order valence-electron chi connectivity index (χ3n) is 3.73. The number of carbonyl (C=O) groups excluding carboxylic acids is 2. The zero-order chi connectivity index (χ0) is 18.0. The normalized spacial score (nSPS) is 15.0. The van der Waals surface area contributed by atoms with E-state index in [1.807, 2.05) is 50.2 Å². The second kappa shape index (κ2) is 6.65. The molecule has 0 saturated heterocycles. The van der Waals surface area contributed by atoms with E-state index in [4.69, 9.17) is 4.74 Å². The summed E-state index contributed by atoms with van der Waals surface area (Å²) < 4.78 is 5.08. The van der Waals surface area contributed by atoms with Gasteiger partial charge in [-0.25, -0.2) is 4.79 Å². The van der Waals surface area contributed by atoms with E-state index in [-0.39, 0.29) is 23.8 Å². The van der Waals surface area contributed by atoms with Gasteiger partial charge in [-0.05, 0) is 28.8 Å². The zero-order valence-corrected chi connectivity index (χ0v) is 13.9. The molecule has 0 fully saturated rings. The molecule has 1 amide bonds. The van der Waals surface area contributed by atoms with Crippen molar-refractivity contribution in [1.29, 1.82) is 5.26 Å². The van der Waals surface area contributed by atoms with Crippen molar-refractivity contribution in [2.75, 3.05) is 17.2 Å². The van der Waals surface area contributed by atoms with Crippen molar-refractivity contribution in [1.82, 2.24) is 0 Å². The highest BCUT2D eigenvalue weighted by molar-refractivity contribution is 6.17. The highest BCUT2D eigenvalue weighted by Gasteiger charge is 2.27. The first-order chi connectivity index (χ1) is 12.0. The van der Waals surface area contributed by atoms with Crippen molar-refractivity contribution in [2.45, 2.75) is 13.8 Å². The second-order valence-corrected chi connectivity index (χ2v) is 6.18. The zero-order valence-electron chi connectivity index (χ0n) is 13.9. The smallest absolute Gasteiger partial charge is 0.351 e. The number of ether oxygens (including phenoxy) is 1. The number of rotatable bonds is 3. The first-order valence-electron chi connectivity index (χ1n) is 7.92. The molecule has 0 aliphatic carbocycles. The molecule has 0 radical (unpaired) electrons. The molecular formula is C19H17N3O3. The lowest BCUT2D eigenvalue weighted by Crippen LogP contribution is -2.29. The summed E-state index contributed by atoms with van der Waals surface area (Å²) in [4.78, 5) is 24.5. The van der Waals surface area contributed by atoms with E-state index < -0.39 is 11.9 Å². The molecule has 1 aliphatic rings. The Hall–Kier alpha value is -3.33. The summed E-state index contributed by atoms with van der Waals surface area (Å²) in [5.74, 6) is -1.21. The molecule has 2 aromatic rings. The summed E-state index contributed by atoms with van der Waals surface area (Å²) in [5.41, 5.74) is 0.786. The van der Waals surface area contributed by atoms with Crippen LogP contribution in [0.5, 0.6) is 0 Å². The van der Waals surface area contributed by atoms with Crippen LogP contribution in [0.1, 0.15) is 13.8 Å². The molecule has 2 aromatic carbocycles. The van der Waals surface area contributed by atoms with Gasteiger partial charge in [0.25, 0.3) is 5.91 Å². The van der Waals surface area contributed by atoms with Crippen LogP contribution in [0, 0.1) is 17.2 Å². The first-order valence-corrected chi connectivity index (χ1v) is 7.92. The summed E-state index contributed by atoms with van der Waals surface area (Å²) in [6, 6.07) is 13.2. The van der Waals surface area contributed by atoms with Gasteiger partial charge in [0.15, 0.2) is 5.57 Å². The van der Waals surface area contributed by atoms with Crippen molar-refractivity contribution in [3.8, 4) is 6.07 Å². The SMILES string of the molecule is CC(C)COC(=O)/C(C#N)=C1\Nc2cc3ccccc3cc2NC1=O. The van der Waals surface area contributed by atoms with Crippen LogP contribution < -0.4 is 10.6 Å². The predicted molar refractivity (Wildman–Crippen MR) is 94.6 cm³/mol. The fraction of sp³-hybridized carbons (Fsp3) is 0.211. The average Bonchev–Trinajstić information content (AvgIpc) is 2.59. The van der Waals surface area contributed by atoms with Gasteiger partial charge in [0, 0.05) is 0 Å². The van der Waals surface area contributed by atoms with Gasteiger partial charge >= 0.3 is 5.97 Å². The van der Waals surface area contributed by atoms with Crippen LogP contribution in [-0.4, -0.2) is 18.5 Å². The standard InChI is InChI=1S/C19H17N3O3/c1-11(2)10-25-19(24)14(9-20)17-18(23)22-16-8-13-6-4-3-5-12(13)7-15(16)21-17/h3-8,11,21H,10H2,1-2H3,(H,22,23)/b17-14-. The highest BCUT2D eigenvalue weighted by atomic mass is 16.5. The number of amides is 1. The second-order valence-electron chi connectivity index (χ2n) is 6.18. The highest BCUT2D eigenvalue weighted by Crippen LogP contribution is 2.33. The Morgan fingerprint density at radius 2 is 1.76 bits per heavy atom. The molecule has 0 saturated carbocycles. The summed E-state index contributed by atoms with van der Waals surface area (Å²) in [6.45, 7) is 3.96. The number of carbonyl (C=O) groups is 2. The topological polar surface area (TPSA) is 91.2 Å². The predicted octanol–water partition coefficient (Wildman–Crippen LogP) is 3.18. The van der Waals surface area contributed by atoms with E-state index in [9.17, 15) is 14.9 Å². The molecule has 0 unspecified atom stereocenters. The van der Waals surface area contributed by atoms with Gasteiger partial charge in [0.2, 0.25) is 0 Å². The lowest BCUT2D eigenvalue weighted by atomic mass is 10.1. The van der Waals surface area contributed by atoms with E-state index in [1.165, 1.54) is 0 Å². The molecule has 6 heteroatoms. The molecule has 126 valence electrons. The number of hydrogen-bond acceptors (Lipinski definition) is 5. The summed E-state index contributed by atoms with van der Waals surface area (Å²) in [5, 5.41) is 16.9. The molecule has 1 heterocycles. The van der Waals surface area contributed by atoms with E-state index in [2.05, 4.69) is 10.6 Å². The maximum atomic E-state index is 12.3. The number of esters is 1. The molecule has 6 nitrogen and oxygen atoms in total. The Kier molecular flexibility index (Phi) is 4.40. The third-order valence-corrected chi connectivity index (χ3v) is 3.73. The summed E-state index contributed by atoms with van der Waals surface area (Å²) in [6.07, 6.45) is 0. The van der Waals surface area contributed by atoms with Gasteiger partial charge in [0.05, 0.1) is 18.0 Å². The minimum Gasteiger partial charge on any atom is -0.461 e. The fourth-order valence-electron chi connectivity index (χ4n) is 2.52. The Morgan fingerprint density at radius 3 is 2.32 bits per heavy atom. The minimum atomic E-state index is -0.807. The number of nitrogens with one attached hydrogen (secondary N) is 2. The van der Waals surface area contributed by atoms with Crippen molar-refractivity contribution in [2.24, 2.45) is 5.92 Å². The average molecular weight is 335 g/mol. The first kappa shape index (κ1) is 16.5. The van der Waals surface area contributed by atoms with Gasteiger partial charge in [0.1, 0.15) is 11.8 Å². The van der Waals surface area contributed by atoms with Crippen LogP contribution in [0.15, 0.2) is 47.7 Å². The lowest BCUT2D eigenvalue weighted by molar-refractivity contribution is -0.139. The molecule has 0 bridgehead atoms. The Morgan fingerprint density at radius 1 is 1.16 bits per heavy atom. The molecular weight excluding hydrogens is 318 g/mol.